The van der Waals surface area contributed by atoms with E-state index >= 15 is 0 Å². The Hall–Kier alpha value is -3.02. The van der Waals surface area contributed by atoms with Gasteiger partial charge < -0.3 is 10.1 Å². The standard InChI is InChI=1S/C23H19Cl2N3O2/c1-15-10-22(27-28(15)13-18-6-8-19(24)12-21(18)25)26-23(29)14-30-20-9-7-16-4-2-3-5-17(16)11-20/h2-12H,13-14H2,1H3,(H,26,27,29). The Bertz CT molecular complexity index is 1220. The lowest BCUT2D eigenvalue weighted by Gasteiger charge is -2.08. The summed E-state index contributed by atoms with van der Waals surface area (Å²) in [5.74, 6) is 0.824. The first-order valence-electron chi connectivity index (χ1n) is 9.38. The van der Waals surface area contributed by atoms with E-state index < -0.39 is 0 Å². The molecular formula is C23H19Cl2N3O2. The van der Waals surface area contributed by atoms with Crippen molar-refractivity contribution in [2.75, 3.05) is 11.9 Å². The topological polar surface area (TPSA) is 56.1 Å². The lowest BCUT2D eigenvalue weighted by Crippen LogP contribution is -2.20. The number of ether oxygens (including phenoxy) is 1. The van der Waals surface area contributed by atoms with Gasteiger partial charge in [0.1, 0.15) is 5.75 Å². The molecule has 0 fully saturated rings. The average molecular weight is 440 g/mol. The van der Waals surface area contributed by atoms with Crippen LogP contribution in [0.25, 0.3) is 10.8 Å². The van der Waals surface area contributed by atoms with Crippen LogP contribution in [0.2, 0.25) is 10.0 Å². The fourth-order valence-electron chi connectivity index (χ4n) is 3.13. The van der Waals surface area contributed by atoms with Crippen LogP contribution >= 0.6 is 23.2 Å². The van der Waals surface area contributed by atoms with E-state index in [0.717, 1.165) is 22.0 Å². The van der Waals surface area contributed by atoms with Crippen molar-refractivity contribution < 1.29 is 9.53 Å². The molecular weight excluding hydrogens is 421 g/mol. The molecule has 0 aliphatic heterocycles. The summed E-state index contributed by atoms with van der Waals surface area (Å²) in [5.41, 5.74) is 1.79. The molecule has 1 amide bonds. The Morgan fingerprint density at radius 1 is 1.03 bits per heavy atom. The van der Waals surface area contributed by atoms with E-state index in [2.05, 4.69) is 10.4 Å². The summed E-state index contributed by atoms with van der Waals surface area (Å²) in [7, 11) is 0. The second-order valence-electron chi connectivity index (χ2n) is 6.91. The van der Waals surface area contributed by atoms with Crippen molar-refractivity contribution in [1.82, 2.24) is 9.78 Å². The van der Waals surface area contributed by atoms with Crippen molar-refractivity contribution in [3.05, 3.63) is 88.0 Å². The third-order valence-electron chi connectivity index (χ3n) is 4.67. The molecule has 0 saturated heterocycles. The van der Waals surface area contributed by atoms with E-state index in [1.807, 2.05) is 55.5 Å². The van der Waals surface area contributed by atoms with Gasteiger partial charge >= 0.3 is 0 Å². The van der Waals surface area contributed by atoms with Gasteiger partial charge in [-0.1, -0.05) is 59.6 Å². The van der Waals surface area contributed by atoms with Crippen LogP contribution in [0.4, 0.5) is 5.82 Å². The fraction of sp³-hybridized carbons (Fsp3) is 0.130. The normalized spacial score (nSPS) is 10.9. The second kappa shape index (κ2) is 8.78. The van der Waals surface area contributed by atoms with Crippen molar-refractivity contribution in [2.45, 2.75) is 13.5 Å². The number of nitrogens with zero attached hydrogens (tertiary/aromatic N) is 2. The second-order valence-corrected chi connectivity index (χ2v) is 7.75. The number of halogens is 2. The van der Waals surface area contributed by atoms with Crippen molar-refractivity contribution >= 4 is 45.7 Å². The number of aromatic nitrogens is 2. The predicted octanol–water partition coefficient (Wildman–Crippen LogP) is 5.72. The monoisotopic (exact) mass is 439 g/mol. The van der Waals surface area contributed by atoms with Gasteiger partial charge in [0, 0.05) is 21.8 Å². The summed E-state index contributed by atoms with van der Waals surface area (Å²) in [6.45, 7) is 2.29. The average Bonchev–Trinajstić information content (AvgIpc) is 3.07. The van der Waals surface area contributed by atoms with Crippen LogP contribution in [-0.2, 0) is 11.3 Å². The molecule has 3 aromatic carbocycles. The van der Waals surface area contributed by atoms with Crippen molar-refractivity contribution in [3.63, 3.8) is 0 Å². The van der Waals surface area contributed by atoms with Crippen LogP contribution in [0.15, 0.2) is 66.7 Å². The number of rotatable bonds is 6. The highest BCUT2D eigenvalue weighted by Gasteiger charge is 2.11. The summed E-state index contributed by atoms with van der Waals surface area (Å²) in [5, 5.41) is 10.6. The largest absolute Gasteiger partial charge is 0.484 e. The van der Waals surface area contributed by atoms with Crippen LogP contribution in [0, 0.1) is 6.92 Å². The fourth-order valence-corrected chi connectivity index (χ4v) is 3.60. The van der Waals surface area contributed by atoms with Crippen LogP contribution in [0.5, 0.6) is 5.75 Å². The smallest absolute Gasteiger partial charge is 0.263 e. The summed E-state index contributed by atoms with van der Waals surface area (Å²) in [4.78, 5) is 12.3. The molecule has 0 spiro atoms. The molecule has 0 aliphatic rings. The number of fused-ring (bicyclic) bond motifs is 1. The molecule has 30 heavy (non-hydrogen) atoms. The number of carbonyl (C=O) groups excluding carboxylic acids is 1. The van der Waals surface area contributed by atoms with E-state index in [1.165, 1.54) is 0 Å². The third kappa shape index (κ3) is 4.75. The number of nitrogens with one attached hydrogen (secondary N) is 1. The third-order valence-corrected chi connectivity index (χ3v) is 5.26. The Morgan fingerprint density at radius 3 is 2.63 bits per heavy atom. The maximum atomic E-state index is 12.3. The summed E-state index contributed by atoms with van der Waals surface area (Å²) in [6.07, 6.45) is 0. The zero-order valence-electron chi connectivity index (χ0n) is 16.2. The van der Waals surface area contributed by atoms with Gasteiger partial charge in [-0.3, -0.25) is 9.48 Å². The number of hydrogen-bond donors (Lipinski definition) is 1. The number of benzene rings is 3. The molecule has 0 aliphatic carbocycles. The highest BCUT2D eigenvalue weighted by molar-refractivity contribution is 6.35. The highest BCUT2D eigenvalue weighted by atomic mass is 35.5. The molecule has 1 N–H and O–H groups in total. The van der Waals surface area contributed by atoms with E-state index in [9.17, 15) is 4.79 Å². The Morgan fingerprint density at radius 2 is 1.83 bits per heavy atom. The molecule has 1 heterocycles. The van der Waals surface area contributed by atoms with Gasteiger partial charge in [0.05, 0.1) is 6.54 Å². The quantitative estimate of drug-likeness (QED) is 0.418. The van der Waals surface area contributed by atoms with Crippen molar-refractivity contribution in [1.29, 1.82) is 0 Å². The SMILES string of the molecule is Cc1cc(NC(=O)COc2ccc3ccccc3c2)nn1Cc1ccc(Cl)cc1Cl. The number of anilines is 1. The van der Waals surface area contributed by atoms with Gasteiger partial charge in [-0.05, 0) is 47.5 Å². The van der Waals surface area contributed by atoms with Gasteiger partial charge in [-0.2, -0.15) is 5.10 Å². The molecule has 0 bridgehead atoms. The Kier molecular flexibility index (Phi) is 5.93. The van der Waals surface area contributed by atoms with Gasteiger partial charge in [-0.15, -0.1) is 0 Å². The van der Waals surface area contributed by atoms with Crippen LogP contribution in [0.1, 0.15) is 11.3 Å². The first kappa shape index (κ1) is 20.3. The highest BCUT2D eigenvalue weighted by Crippen LogP contribution is 2.23. The number of hydrogen-bond acceptors (Lipinski definition) is 3. The van der Waals surface area contributed by atoms with E-state index in [-0.39, 0.29) is 12.5 Å². The molecule has 7 heteroatoms. The summed E-state index contributed by atoms with van der Waals surface area (Å²) in [6, 6.07) is 20.9. The van der Waals surface area contributed by atoms with Crippen LogP contribution < -0.4 is 10.1 Å². The summed E-state index contributed by atoms with van der Waals surface area (Å²) < 4.78 is 7.40. The first-order chi connectivity index (χ1) is 14.5. The molecule has 4 aromatic rings. The predicted molar refractivity (Wildman–Crippen MR) is 121 cm³/mol. The minimum absolute atomic E-state index is 0.104. The van der Waals surface area contributed by atoms with Gasteiger partial charge in [0.25, 0.3) is 5.91 Å². The number of amides is 1. The molecule has 1 aromatic heterocycles. The molecule has 0 radical (unpaired) electrons. The van der Waals surface area contributed by atoms with Gasteiger partial charge in [-0.25, -0.2) is 0 Å². The zero-order chi connectivity index (χ0) is 21.1. The number of carbonyl (C=O) groups is 1. The van der Waals surface area contributed by atoms with E-state index in [4.69, 9.17) is 27.9 Å². The molecule has 152 valence electrons. The lowest BCUT2D eigenvalue weighted by molar-refractivity contribution is -0.118. The lowest BCUT2D eigenvalue weighted by atomic mass is 10.1. The molecule has 0 atom stereocenters. The van der Waals surface area contributed by atoms with Crippen molar-refractivity contribution in [3.8, 4) is 5.75 Å². The first-order valence-corrected chi connectivity index (χ1v) is 10.1. The van der Waals surface area contributed by atoms with E-state index in [1.54, 1.807) is 22.9 Å². The molecule has 0 unspecified atom stereocenters. The maximum Gasteiger partial charge on any atom is 0.263 e. The zero-order valence-corrected chi connectivity index (χ0v) is 17.7. The molecule has 4 rings (SSSR count). The molecule has 0 saturated carbocycles. The summed E-state index contributed by atoms with van der Waals surface area (Å²) >= 11 is 12.2. The van der Waals surface area contributed by atoms with Crippen LogP contribution in [-0.4, -0.2) is 22.3 Å². The maximum absolute atomic E-state index is 12.3. The van der Waals surface area contributed by atoms with Gasteiger partial charge in [0.2, 0.25) is 0 Å². The van der Waals surface area contributed by atoms with Crippen LogP contribution in [0.3, 0.4) is 0 Å². The minimum Gasteiger partial charge on any atom is -0.484 e. The number of aryl methyl sites for hydroxylation is 1. The Balaban J connectivity index is 1.37. The van der Waals surface area contributed by atoms with Crippen molar-refractivity contribution in [2.24, 2.45) is 0 Å². The van der Waals surface area contributed by atoms with E-state index in [0.29, 0.717) is 28.2 Å². The van der Waals surface area contributed by atoms with Gasteiger partial charge in [0.15, 0.2) is 12.4 Å². The Labute approximate surface area is 184 Å². The molecule has 5 nitrogen and oxygen atoms in total. The minimum atomic E-state index is -0.280.